The summed E-state index contributed by atoms with van der Waals surface area (Å²) in [5.41, 5.74) is -0.310. The van der Waals surface area contributed by atoms with E-state index >= 15 is 0 Å². The molecule has 2 saturated heterocycles. The highest BCUT2D eigenvalue weighted by Crippen LogP contribution is 2.44. The van der Waals surface area contributed by atoms with Crippen LogP contribution in [0.25, 0.3) is 0 Å². The first-order valence-electron chi connectivity index (χ1n) is 4.73. The molecule has 3 nitrogen and oxygen atoms in total. The van der Waals surface area contributed by atoms with Crippen LogP contribution in [0.3, 0.4) is 0 Å². The molecular formula is C9H13NO2S2. The Morgan fingerprint density at radius 1 is 1.43 bits per heavy atom. The second-order valence-electron chi connectivity index (χ2n) is 4.04. The van der Waals surface area contributed by atoms with E-state index in [2.05, 4.69) is 0 Å². The summed E-state index contributed by atoms with van der Waals surface area (Å²) in [5.74, 6) is 1.72. The number of nitrogens with zero attached hydrogens (tertiary/aromatic N) is 1. The van der Waals surface area contributed by atoms with Crippen molar-refractivity contribution in [2.45, 2.75) is 19.8 Å². The largest absolute Gasteiger partial charge is 0.282 e. The molecule has 0 N–H and O–H groups in total. The molecule has 0 unspecified atom stereocenters. The number of hydrogen-bond acceptors (Lipinski definition) is 4. The summed E-state index contributed by atoms with van der Waals surface area (Å²) in [6, 6.07) is 0. The minimum atomic E-state index is -0.310. The lowest BCUT2D eigenvalue weighted by atomic mass is 9.94. The zero-order valence-corrected chi connectivity index (χ0v) is 9.75. The van der Waals surface area contributed by atoms with Crippen molar-refractivity contribution in [2.24, 2.45) is 5.41 Å². The third-order valence-corrected chi connectivity index (χ3v) is 5.56. The van der Waals surface area contributed by atoms with Crippen molar-refractivity contribution in [1.82, 2.24) is 4.90 Å². The lowest BCUT2D eigenvalue weighted by molar-refractivity contribution is -0.146. The highest BCUT2D eigenvalue weighted by molar-refractivity contribution is 8.77. The average Bonchev–Trinajstić information content (AvgIpc) is 2.74. The fourth-order valence-corrected chi connectivity index (χ4v) is 5.03. The van der Waals surface area contributed by atoms with Gasteiger partial charge < -0.3 is 0 Å². The molecule has 0 aromatic rings. The molecule has 78 valence electrons. The first-order chi connectivity index (χ1) is 6.63. The van der Waals surface area contributed by atoms with Crippen LogP contribution in [0.2, 0.25) is 0 Å². The average molecular weight is 231 g/mol. The molecule has 0 aliphatic carbocycles. The van der Waals surface area contributed by atoms with Crippen LogP contribution in [0.1, 0.15) is 19.8 Å². The van der Waals surface area contributed by atoms with Gasteiger partial charge >= 0.3 is 0 Å². The van der Waals surface area contributed by atoms with Crippen molar-refractivity contribution in [3.63, 3.8) is 0 Å². The molecule has 2 aliphatic heterocycles. The molecule has 2 heterocycles. The third kappa shape index (κ3) is 1.67. The monoisotopic (exact) mass is 231 g/mol. The van der Waals surface area contributed by atoms with Crippen molar-refractivity contribution in [2.75, 3.05) is 18.1 Å². The second kappa shape index (κ2) is 3.77. The van der Waals surface area contributed by atoms with Crippen LogP contribution in [0.4, 0.5) is 0 Å². The van der Waals surface area contributed by atoms with Crippen LogP contribution in [0.5, 0.6) is 0 Å². The van der Waals surface area contributed by atoms with Crippen LogP contribution in [0.15, 0.2) is 0 Å². The van der Waals surface area contributed by atoms with E-state index in [1.165, 1.54) is 4.90 Å². The van der Waals surface area contributed by atoms with Gasteiger partial charge in [0.05, 0.1) is 5.41 Å². The number of likely N-dealkylation sites (tertiary alicyclic amines) is 1. The number of carbonyl (C=O) groups is 2. The van der Waals surface area contributed by atoms with E-state index in [4.69, 9.17) is 0 Å². The molecule has 2 fully saturated rings. The number of amides is 2. The first-order valence-corrected chi connectivity index (χ1v) is 7.21. The molecule has 0 spiro atoms. The Balaban J connectivity index is 2.10. The van der Waals surface area contributed by atoms with Gasteiger partial charge in [-0.05, 0) is 13.3 Å². The Bertz CT molecular complexity index is 274. The molecule has 0 bridgehead atoms. The van der Waals surface area contributed by atoms with E-state index in [-0.39, 0.29) is 17.2 Å². The molecule has 2 rings (SSSR count). The predicted molar refractivity (Wildman–Crippen MR) is 59.0 cm³/mol. The van der Waals surface area contributed by atoms with E-state index in [0.29, 0.717) is 13.0 Å². The van der Waals surface area contributed by atoms with Crippen LogP contribution < -0.4 is 0 Å². The van der Waals surface area contributed by atoms with Gasteiger partial charge in [0.15, 0.2) is 0 Å². The Morgan fingerprint density at radius 3 is 2.57 bits per heavy atom. The van der Waals surface area contributed by atoms with Crippen molar-refractivity contribution in [3.8, 4) is 0 Å². The summed E-state index contributed by atoms with van der Waals surface area (Å²) < 4.78 is 0. The molecule has 0 atom stereocenters. The van der Waals surface area contributed by atoms with Crippen molar-refractivity contribution >= 4 is 33.4 Å². The Morgan fingerprint density at radius 2 is 2.07 bits per heavy atom. The number of rotatable bonds is 1. The van der Waals surface area contributed by atoms with Crippen LogP contribution >= 0.6 is 21.6 Å². The predicted octanol–water partition coefficient (Wildman–Crippen LogP) is 1.54. The fraction of sp³-hybridized carbons (Fsp3) is 0.778. The summed E-state index contributed by atoms with van der Waals surface area (Å²) in [6.07, 6.45) is 1.38. The van der Waals surface area contributed by atoms with Crippen LogP contribution in [-0.2, 0) is 9.59 Å². The molecule has 2 aliphatic rings. The standard InChI is InChI=1S/C9H13NO2S2/c1-9(5-13-14-6-9)8(12)10-4-2-3-7(10)11/h2-6H2,1H3. The van der Waals surface area contributed by atoms with Crippen molar-refractivity contribution in [1.29, 1.82) is 0 Å². The Hall–Kier alpha value is -0.160. The van der Waals surface area contributed by atoms with Gasteiger partial charge in [-0.1, -0.05) is 21.6 Å². The Labute approximate surface area is 91.4 Å². The zero-order valence-electron chi connectivity index (χ0n) is 8.12. The number of carbonyl (C=O) groups excluding carboxylic acids is 2. The van der Waals surface area contributed by atoms with Gasteiger partial charge in [0, 0.05) is 24.5 Å². The van der Waals surface area contributed by atoms with E-state index in [0.717, 1.165) is 17.9 Å². The second-order valence-corrected chi connectivity index (χ2v) is 6.50. The van der Waals surface area contributed by atoms with Gasteiger partial charge in [-0.15, -0.1) is 0 Å². The molecule has 5 heteroatoms. The third-order valence-electron chi connectivity index (χ3n) is 2.67. The smallest absolute Gasteiger partial charge is 0.236 e. The van der Waals surface area contributed by atoms with Crippen LogP contribution in [-0.4, -0.2) is 34.8 Å². The fourth-order valence-electron chi connectivity index (χ4n) is 1.70. The molecule has 0 radical (unpaired) electrons. The highest BCUT2D eigenvalue weighted by atomic mass is 33.1. The van der Waals surface area contributed by atoms with E-state index in [9.17, 15) is 9.59 Å². The molecular weight excluding hydrogens is 218 g/mol. The topological polar surface area (TPSA) is 37.4 Å². The lowest BCUT2D eigenvalue weighted by Gasteiger charge is -2.25. The van der Waals surface area contributed by atoms with Gasteiger partial charge in [0.2, 0.25) is 11.8 Å². The maximum absolute atomic E-state index is 12.1. The number of imide groups is 1. The highest BCUT2D eigenvalue weighted by Gasteiger charge is 2.43. The van der Waals surface area contributed by atoms with Crippen molar-refractivity contribution < 1.29 is 9.59 Å². The SMILES string of the molecule is CC1(C(=O)N2CCCC2=O)CSSC1. The van der Waals surface area contributed by atoms with Gasteiger partial charge in [-0.3, -0.25) is 14.5 Å². The maximum atomic E-state index is 12.1. The summed E-state index contributed by atoms with van der Waals surface area (Å²) in [7, 11) is 3.45. The molecule has 14 heavy (non-hydrogen) atoms. The minimum Gasteiger partial charge on any atom is -0.282 e. The number of hydrogen-bond donors (Lipinski definition) is 0. The zero-order chi connectivity index (χ0) is 10.2. The Kier molecular flexibility index (Phi) is 2.79. The first kappa shape index (κ1) is 10.4. The van der Waals surface area contributed by atoms with E-state index in [1.807, 2.05) is 6.92 Å². The molecule has 0 aromatic heterocycles. The van der Waals surface area contributed by atoms with Gasteiger partial charge in [-0.25, -0.2) is 0 Å². The maximum Gasteiger partial charge on any atom is 0.236 e. The minimum absolute atomic E-state index is 0.0122. The lowest BCUT2D eigenvalue weighted by Crippen LogP contribution is -2.44. The van der Waals surface area contributed by atoms with Gasteiger partial charge in [0.1, 0.15) is 0 Å². The van der Waals surface area contributed by atoms with E-state index in [1.54, 1.807) is 21.6 Å². The van der Waals surface area contributed by atoms with Crippen molar-refractivity contribution in [3.05, 3.63) is 0 Å². The molecule has 0 saturated carbocycles. The summed E-state index contributed by atoms with van der Waals surface area (Å²) >= 11 is 0. The summed E-state index contributed by atoms with van der Waals surface area (Å²) in [6.45, 7) is 2.59. The van der Waals surface area contributed by atoms with Crippen LogP contribution in [0, 0.1) is 5.41 Å². The molecule has 2 amide bonds. The quantitative estimate of drug-likeness (QED) is 0.507. The normalized spacial score (nSPS) is 25.8. The van der Waals surface area contributed by atoms with Gasteiger partial charge in [-0.2, -0.15) is 0 Å². The van der Waals surface area contributed by atoms with E-state index < -0.39 is 0 Å². The summed E-state index contributed by atoms with van der Waals surface area (Å²) in [5, 5.41) is 0. The molecule has 0 aromatic carbocycles. The summed E-state index contributed by atoms with van der Waals surface area (Å²) in [4.78, 5) is 24.9. The van der Waals surface area contributed by atoms with Gasteiger partial charge in [0.25, 0.3) is 0 Å².